The van der Waals surface area contributed by atoms with Crippen molar-refractivity contribution < 1.29 is 8.42 Å². The van der Waals surface area contributed by atoms with Crippen LogP contribution in [0.25, 0.3) is 10.2 Å². The molecule has 0 saturated heterocycles. The Morgan fingerprint density at radius 1 is 1.21 bits per heavy atom. The fourth-order valence-corrected chi connectivity index (χ4v) is 6.21. The van der Waals surface area contributed by atoms with Crippen molar-refractivity contribution in [2.24, 2.45) is 0 Å². The zero-order chi connectivity index (χ0) is 16.6. The Labute approximate surface area is 148 Å². The molecule has 6 nitrogen and oxygen atoms in total. The van der Waals surface area contributed by atoms with E-state index < -0.39 is 10.0 Å². The van der Waals surface area contributed by atoms with E-state index in [2.05, 4.69) is 20.0 Å². The van der Waals surface area contributed by atoms with E-state index in [1.807, 2.05) is 0 Å². The van der Waals surface area contributed by atoms with Crippen LogP contribution in [0.4, 0.5) is 5.82 Å². The number of nitrogens with zero attached hydrogens (tertiary/aromatic N) is 2. The quantitative estimate of drug-likeness (QED) is 0.642. The third-order valence-corrected chi connectivity index (χ3v) is 8.03. The summed E-state index contributed by atoms with van der Waals surface area (Å²) in [5.74, 6) is 0.801. The Morgan fingerprint density at radius 2 is 2.12 bits per heavy atom. The fourth-order valence-electron chi connectivity index (χ4n) is 2.92. The van der Waals surface area contributed by atoms with Crippen LogP contribution in [0.3, 0.4) is 0 Å². The molecule has 126 valence electrons. The third kappa shape index (κ3) is 2.92. The van der Waals surface area contributed by atoms with Gasteiger partial charge < -0.3 is 5.32 Å². The largest absolute Gasteiger partial charge is 0.368 e. The van der Waals surface area contributed by atoms with Gasteiger partial charge in [0, 0.05) is 18.0 Å². The maximum Gasteiger partial charge on any atom is 0.250 e. The second-order valence-corrected chi connectivity index (χ2v) is 9.54. The number of thiophene rings is 2. The molecule has 0 aromatic carbocycles. The van der Waals surface area contributed by atoms with Crippen LogP contribution in [0, 0.1) is 0 Å². The Bertz CT molecular complexity index is 964. The molecule has 0 unspecified atom stereocenters. The van der Waals surface area contributed by atoms with Gasteiger partial charge in [-0.15, -0.1) is 22.7 Å². The van der Waals surface area contributed by atoms with Gasteiger partial charge in [0.1, 0.15) is 21.2 Å². The van der Waals surface area contributed by atoms with Crippen molar-refractivity contribution in [2.75, 3.05) is 18.4 Å². The summed E-state index contributed by atoms with van der Waals surface area (Å²) in [4.78, 5) is 11.1. The lowest BCUT2D eigenvalue weighted by Crippen LogP contribution is -2.28. The first-order valence-electron chi connectivity index (χ1n) is 7.67. The smallest absolute Gasteiger partial charge is 0.250 e. The highest BCUT2D eigenvalue weighted by Gasteiger charge is 2.21. The van der Waals surface area contributed by atoms with Gasteiger partial charge in [-0.3, -0.25) is 0 Å². The third-order valence-electron chi connectivity index (χ3n) is 3.97. The van der Waals surface area contributed by atoms with E-state index >= 15 is 0 Å². The summed E-state index contributed by atoms with van der Waals surface area (Å²) in [6, 6.07) is 3.33. The number of fused-ring (bicyclic) bond motifs is 3. The maximum absolute atomic E-state index is 12.1. The first-order chi connectivity index (χ1) is 11.6. The van der Waals surface area contributed by atoms with E-state index in [1.54, 1.807) is 35.2 Å². The Morgan fingerprint density at radius 3 is 2.96 bits per heavy atom. The molecule has 9 heteroatoms. The number of anilines is 1. The average Bonchev–Trinajstić information content (AvgIpc) is 3.27. The van der Waals surface area contributed by atoms with E-state index in [0.29, 0.717) is 17.3 Å². The molecular weight excluding hydrogens is 364 g/mol. The first-order valence-corrected chi connectivity index (χ1v) is 10.9. The topological polar surface area (TPSA) is 84.0 Å². The molecular formula is C15H16N4O2S3. The second kappa shape index (κ2) is 6.40. The van der Waals surface area contributed by atoms with Gasteiger partial charge in [0.25, 0.3) is 0 Å². The predicted octanol–water partition coefficient (Wildman–Crippen LogP) is 2.63. The Balaban J connectivity index is 1.44. The van der Waals surface area contributed by atoms with Crippen molar-refractivity contribution in [3.63, 3.8) is 0 Å². The molecule has 4 rings (SSSR count). The lowest BCUT2D eigenvalue weighted by molar-refractivity contribution is 0.585. The van der Waals surface area contributed by atoms with E-state index in [1.165, 1.54) is 28.2 Å². The van der Waals surface area contributed by atoms with E-state index in [0.717, 1.165) is 28.9 Å². The molecule has 0 atom stereocenters. The molecule has 3 aromatic rings. The van der Waals surface area contributed by atoms with E-state index in [4.69, 9.17) is 0 Å². The van der Waals surface area contributed by atoms with Crippen molar-refractivity contribution in [2.45, 2.75) is 23.5 Å². The molecule has 0 spiro atoms. The highest BCUT2D eigenvalue weighted by Crippen LogP contribution is 2.38. The minimum atomic E-state index is -3.41. The molecule has 1 aliphatic carbocycles. The van der Waals surface area contributed by atoms with Crippen molar-refractivity contribution in [1.29, 1.82) is 0 Å². The van der Waals surface area contributed by atoms with E-state index in [-0.39, 0.29) is 0 Å². The van der Waals surface area contributed by atoms with Crippen molar-refractivity contribution in [1.82, 2.24) is 14.7 Å². The maximum atomic E-state index is 12.1. The highest BCUT2D eigenvalue weighted by molar-refractivity contribution is 7.91. The predicted molar refractivity (Wildman–Crippen MR) is 97.4 cm³/mol. The summed E-state index contributed by atoms with van der Waals surface area (Å²) in [5, 5.41) is 6.11. The first kappa shape index (κ1) is 15.9. The summed E-state index contributed by atoms with van der Waals surface area (Å²) in [7, 11) is -3.41. The standard InChI is InChI=1S/C15H16N4O2S3/c20-24(21,12-5-2-8-22-12)19-7-6-16-14-13-10-3-1-4-11(10)23-15(13)18-9-17-14/h2,5,8-9,19H,1,3-4,6-7H2,(H,16,17,18). The molecule has 24 heavy (non-hydrogen) atoms. The molecule has 0 fully saturated rings. The number of hydrogen-bond donors (Lipinski definition) is 2. The lowest BCUT2D eigenvalue weighted by Gasteiger charge is -2.08. The number of hydrogen-bond acceptors (Lipinski definition) is 7. The number of sulfonamides is 1. The Hall–Kier alpha value is -1.55. The second-order valence-electron chi connectivity index (χ2n) is 5.52. The summed E-state index contributed by atoms with van der Waals surface area (Å²) < 4.78 is 27.1. The van der Waals surface area contributed by atoms with Crippen molar-refractivity contribution in [3.05, 3.63) is 34.3 Å². The van der Waals surface area contributed by atoms with Crippen molar-refractivity contribution in [3.8, 4) is 0 Å². The Kier molecular flexibility index (Phi) is 4.25. The molecule has 0 saturated carbocycles. The molecule has 3 aromatic heterocycles. The minimum absolute atomic E-state index is 0.304. The van der Waals surface area contributed by atoms with Crippen LogP contribution >= 0.6 is 22.7 Å². The molecule has 0 radical (unpaired) electrons. The van der Waals surface area contributed by atoms with E-state index in [9.17, 15) is 8.42 Å². The molecule has 1 aliphatic rings. The van der Waals surface area contributed by atoms with Gasteiger partial charge in [0.2, 0.25) is 10.0 Å². The van der Waals surface area contributed by atoms with Gasteiger partial charge in [-0.1, -0.05) is 6.07 Å². The van der Waals surface area contributed by atoms with Crippen LogP contribution in [0.2, 0.25) is 0 Å². The molecule has 2 N–H and O–H groups in total. The molecule has 0 bridgehead atoms. The van der Waals surface area contributed by atoms with Gasteiger partial charge in [-0.25, -0.2) is 23.1 Å². The summed E-state index contributed by atoms with van der Waals surface area (Å²) in [6.07, 6.45) is 4.94. The van der Waals surface area contributed by atoms with Crippen LogP contribution in [0.1, 0.15) is 16.9 Å². The van der Waals surface area contributed by atoms with Crippen LogP contribution in [-0.2, 0) is 22.9 Å². The molecule has 0 aliphatic heterocycles. The number of aryl methyl sites for hydroxylation is 2. The number of rotatable bonds is 6. The zero-order valence-electron chi connectivity index (χ0n) is 12.8. The normalized spacial score (nSPS) is 14.2. The fraction of sp³-hybridized carbons (Fsp3) is 0.333. The monoisotopic (exact) mass is 380 g/mol. The zero-order valence-corrected chi connectivity index (χ0v) is 15.2. The number of aromatic nitrogens is 2. The molecule has 3 heterocycles. The number of nitrogens with one attached hydrogen (secondary N) is 2. The van der Waals surface area contributed by atoms with Crippen LogP contribution < -0.4 is 10.0 Å². The summed E-state index contributed by atoms with van der Waals surface area (Å²) in [5.41, 5.74) is 1.36. The average molecular weight is 381 g/mol. The van der Waals surface area contributed by atoms with Crippen LogP contribution in [-0.4, -0.2) is 31.5 Å². The van der Waals surface area contributed by atoms with Crippen molar-refractivity contribution >= 4 is 48.7 Å². The minimum Gasteiger partial charge on any atom is -0.368 e. The summed E-state index contributed by atoms with van der Waals surface area (Å²) in [6.45, 7) is 0.777. The van der Waals surface area contributed by atoms with Gasteiger partial charge in [-0.05, 0) is 36.3 Å². The highest BCUT2D eigenvalue weighted by atomic mass is 32.2. The van der Waals surface area contributed by atoms with Gasteiger partial charge in [0.15, 0.2) is 0 Å². The summed E-state index contributed by atoms with van der Waals surface area (Å²) >= 11 is 2.95. The van der Waals surface area contributed by atoms with Gasteiger partial charge in [-0.2, -0.15) is 0 Å². The van der Waals surface area contributed by atoms with Crippen LogP contribution in [0.15, 0.2) is 28.0 Å². The van der Waals surface area contributed by atoms with Crippen LogP contribution in [0.5, 0.6) is 0 Å². The SMILES string of the molecule is O=S(=O)(NCCNc1ncnc2sc3c(c12)CCC3)c1cccs1. The molecule has 0 amide bonds. The van der Waals surface area contributed by atoms with Gasteiger partial charge in [0.05, 0.1) is 5.39 Å². The lowest BCUT2D eigenvalue weighted by atomic mass is 10.2. The van der Waals surface area contributed by atoms with Gasteiger partial charge >= 0.3 is 0 Å².